The normalized spacial score (nSPS) is 15.4. The summed E-state index contributed by atoms with van der Waals surface area (Å²) in [7, 11) is 0. The van der Waals surface area contributed by atoms with Crippen LogP contribution in [-0.4, -0.2) is 28.9 Å². The van der Waals surface area contributed by atoms with Crippen molar-refractivity contribution in [2.75, 3.05) is 13.1 Å². The van der Waals surface area contributed by atoms with Gasteiger partial charge in [0.05, 0.1) is 6.20 Å². The van der Waals surface area contributed by atoms with E-state index in [9.17, 15) is 4.79 Å². The molecule has 0 bridgehead atoms. The van der Waals surface area contributed by atoms with E-state index in [2.05, 4.69) is 20.9 Å². The molecule has 1 aromatic carbocycles. The van der Waals surface area contributed by atoms with Gasteiger partial charge in [-0.1, -0.05) is 40.9 Å². The number of hydrogen-bond donors (Lipinski definition) is 0. The molecule has 122 valence electrons. The van der Waals surface area contributed by atoms with Gasteiger partial charge < -0.3 is 9.32 Å². The highest BCUT2D eigenvalue weighted by Gasteiger charge is 2.16. The van der Waals surface area contributed by atoms with Crippen LogP contribution >= 0.6 is 15.9 Å². The van der Waals surface area contributed by atoms with Crippen LogP contribution in [0, 0.1) is 0 Å². The fourth-order valence-corrected chi connectivity index (χ4v) is 3.13. The van der Waals surface area contributed by atoms with Crippen molar-refractivity contribution in [2.45, 2.75) is 38.5 Å². The number of halogens is 1. The summed E-state index contributed by atoms with van der Waals surface area (Å²) in [5.41, 5.74) is 0.991. The number of carbonyl (C=O) groups is 1. The number of nitrogens with zero attached hydrogens (tertiary/aromatic N) is 2. The number of likely N-dealkylation sites (tertiary alicyclic amines) is 1. The molecule has 0 unspecified atom stereocenters. The highest BCUT2D eigenvalue weighted by molar-refractivity contribution is 9.10. The first kappa shape index (κ1) is 16.2. The van der Waals surface area contributed by atoms with Crippen LogP contribution in [0.5, 0.6) is 0 Å². The van der Waals surface area contributed by atoms with Crippen LogP contribution < -0.4 is 0 Å². The van der Waals surface area contributed by atoms with Crippen LogP contribution in [0.15, 0.2) is 39.4 Å². The highest BCUT2D eigenvalue weighted by atomic mass is 79.9. The first-order chi connectivity index (χ1) is 11.2. The Labute approximate surface area is 145 Å². The molecule has 0 N–H and O–H groups in total. The molecule has 1 aliphatic rings. The summed E-state index contributed by atoms with van der Waals surface area (Å²) in [6.07, 6.45) is 7.48. The molecule has 5 heteroatoms. The largest absolute Gasteiger partial charge is 0.441 e. The zero-order valence-electron chi connectivity index (χ0n) is 13.1. The smallest absolute Gasteiger partial charge is 0.223 e. The van der Waals surface area contributed by atoms with E-state index in [1.807, 2.05) is 29.2 Å². The maximum Gasteiger partial charge on any atom is 0.223 e. The second kappa shape index (κ2) is 7.77. The predicted molar refractivity (Wildman–Crippen MR) is 93.0 cm³/mol. The molecular weight excluding hydrogens is 356 g/mol. The Bertz CT molecular complexity index is 643. The van der Waals surface area contributed by atoms with Gasteiger partial charge in [-0.25, -0.2) is 4.98 Å². The summed E-state index contributed by atoms with van der Waals surface area (Å²) in [6, 6.07) is 7.91. The number of oxazole rings is 1. The predicted octanol–water partition coefficient (Wildman–Crippen LogP) is 4.44. The Kier molecular flexibility index (Phi) is 5.49. The van der Waals surface area contributed by atoms with Crippen LogP contribution in [0.4, 0.5) is 0 Å². The minimum Gasteiger partial charge on any atom is -0.441 e. The van der Waals surface area contributed by atoms with Gasteiger partial charge in [0.1, 0.15) is 0 Å². The van der Waals surface area contributed by atoms with E-state index in [-0.39, 0.29) is 5.91 Å². The summed E-state index contributed by atoms with van der Waals surface area (Å²) in [4.78, 5) is 18.6. The number of aromatic nitrogens is 1. The third kappa shape index (κ3) is 4.44. The fraction of sp³-hybridized carbons (Fsp3) is 0.444. The Morgan fingerprint density at radius 3 is 2.52 bits per heavy atom. The van der Waals surface area contributed by atoms with E-state index in [4.69, 9.17) is 4.42 Å². The number of amides is 1. The molecule has 4 nitrogen and oxygen atoms in total. The fourth-order valence-electron chi connectivity index (χ4n) is 2.87. The minimum absolute atomic E-state index is 0.218. The number of hydrogen-bond acceptors (Lipinski definition) is 3. The lowest BCUT2D eigenvalue weighted by Crippen LogP contribution is -2.31. The summed E-state index contributed by atoms with van der Waals surface area (Å²) < 4.78 is 6.81. The average Bonchev–Trinajstić information content (AvgIpc) is 2.86. The van der Waals surface area contributed by atoms with E-state index in [0.717, 1.165) is 41.7 Å². The first-order valence-electron chi connectivity index (χ1n) is 8.21. The molecular formula is C18H21BrN2O2. The van der Waals surface area contributed by atoms with E-state index in [0.29, 0.717) is 18.7 Å². The van der Waals surface area contributed by atoms with Crippen molar-refractivity contribution in [2.24, 2.45) is 0 Å². The SMILES string of the molecule is O=C(CCc1ncc(-c2ccc(Br)cc2)o1)N1CCCCCC1. The summed E-state index contributed by atoms with van der Waals surface area (Å²) >= 11 is 3.42. The maximum atomic E-state index is 12.3. The Balaban J connectivity index is 1.56. The molecule has 1 aromatic heterocycles. The van der Waals surface area contributed by atoms with Crippen molar-refractivity contribution < 1.29 is 9.21 Å². The van der Waals surface area contributed by atoms with Crippen LogP contribution in [-0.2, 0) is 11.2 Å². The Morgan fingerprint density at radius 2 is 1.83 bits per heavy atom. The van der Waals surface area contributed by atoms with Gasteiger partial charge in [0.2, 0.25) is 5.91 Å². The van der Waals surface area contributed by atoms with Gasteiger partial charge in [-0.2, -0.15) is 0 Å². The zero-order valence-corrected chi connectivity index (χ0v) is 14.7. The summed E-state index contributed by atoms with van der Waals surface area (Å²) in [5, 5.41) is 0. The number of rotatable bonds is 4. The highest BCUT2D eigenvalue weighted by Crippen LogP contribution is 2.23. The van der Waals surface area contributed by atoms with Crippen molar-refractivity contribution in [3.05, 3.63) is 40.8 Å². The van der Waals surface area contributed by atoms with E-state index >= 15 is 0 Å². The molecule has 1 saturated heterocycles. The molecule has 0 saturated carbocycles. The van der Waals surface area contributed by atoms with Gasteiger partial charge in [-0.3, -0.25) is 4.79 Å². The van der Waals surface area contributed by atoms with Crippen molar-refractivity contribution >= 4 is 21.8 Å². The summed E-state index contributed by atoms with van der Waals surface area (Å²) in [6.45, 7) is 1.79. The Morgan fingerprint density at radius 1 is 1.13 bits per heavy atom. The third-order valence-electron chi connectivity index (χ3n) is 4.19. The van der Waals surface area contributed by atoms with Crippen molar-refractivity contribution in [3.63, 3.8) is 0 Å². The topological polar surface area (TPSA) is 46.3 Å². The lowest BCUT2D eigenvalue weighted by Gasteiger charge is -2.19. The van der Waals surface area contributed by atoms with E-state index in [1.165, 1.54) is 12.8 Å². The number of benzene rings is 1. The monoisotopic (exact) mass is 376 g/mol. The molecule has 0 aliphatic carbocycles. The average molecular weight is 377 g/mol. The van der Waals surface area contributed by atoms with Crippen LogP contribution in [0.3, 0.4) is 0 Å². The second-order valence-corrected chi connectivity index (χ2v) is 6.84. The van der Waals surface area contributed by atoms with Crippen molar-refractivity contribution in [1.82, 2.24) is 9.88 Å². The van der Waals surface area contributed by atoms with Crippen molar-refractivity contribution in [3.8, 4) is 11.3 Å². The lowest BCUT2D eigenvalue weighted by atomic mass is 10.2. The minimum atomic E-state index is 0.218. The van der Waals surface area contributed by atoms with Gasteiger partial charge in [0.25, 0.3) is 0 Å². The van der Waals surface area contributed by atoms with Gasteiger partial charge in [-0.05, 0) is 25.0 Å². The van der Waals surface area contributed by atoms with Crippen molar-refractivity contribution in [1.29, 1.82) is 0 Å². The molecule has 3 rings (SSSR count). The van der Waals surface area contributed by atoms with Gasteiger partial charge in [0.15, 0.2) is 11.7 Å². The van der Waals surface area contributed by atoms with Gasteiger partial charge >= 0.3 is 0 Å². The van der Waals surface area contributed by atoms with Gasteiger partial charge in [-0.15, -0.1) is 0 Å². The lowest BCUT2D eigenvalue weighted by molar-refractivity contribution is -0.131. The third-order valence-corrected chi connectivity index (χ3v) is 4.72. The molecule has 0 spiro atoms. The molecule has 0 radical (unpaired) electrons. The van der Waals surface area contributed by atoms with E-state index < -0.39 is 0 Å². The molecule has 2 aromatic rings. The molecule has 23 heavy (non-hydrogen) atoms. The Hall–Kier alpha value is -1.62. The number of carbonyl (C=O) groups excluding carboxylic acids is 1. The quantitative estimate of drug-likeness (QED) is 0.792. The molecule has 1 amide bonds. The van der Waals surface area contributed by atoms with Gasteiger partial charge in [0, 0.05) is 36.0 Å². The van der Waals surface area contributed by atoms with Crippen LogP contribution in [0.25, 0.3) is 11.3 Å². The standard InChI is InChI=1S/C18H21BrN2O2/c19-15-7-5-14(6-8-15)16-13-20-17(23-16)9-10-18(22)21-11-3-1-2-4-12-21/h5-8,13H,1-4,9-12H2. The molecule has 0 atom stereocenters. The second-order valence-electron chi connectivity index (χ2n) is 5.92. The molecule has 2 heterocycles. The number of aryl methyl sites for hydroxylation is 1. The maximum absolute atomic E-state index is 12.3. The van der Waals surface area contributed by atoms with Crippen LogP contribution in [0.2, 0.25) is 0 Å². The molecule has 1 aliphatic heterocycles. The van der Waals surface area contributed by atoms with E-state index in [1.54, 1.807) is 6.20 Å². The first-order valence-corrected chi connectivity index (χ1v) is 9.00. The summed E-state index contributed by atoms with van der Waals surface area (Å²) in [5.74, 6) is 1.59. The zero-order chi connectivity index (χ0) is 16.1. The molecule has 1 fully saturated rings. The van der Waals surface area contributed by atoms with Crippen LogP contribution in [0.1, 0.15) is 38.0 Å².